The van der Waals surface area contributed by atoms with Crippen LogP contribution in [-0.2, 0) is 4.79 Å². The SMILES string of the molecule is C=C/C(C)=C/C/C=C(\C)C/C=C/C(C)C=O. The smallest absolute Gasteiger partial charge is 0.126 e. The van der Waals surface area contributed by atoms with Gasteiger partial charge in [0.2, 0.25) is 0 Å². The zero-order valence-corrected chi connectivity index (χ0v) is 10.6. The maximum Gasteiger partial charge on any atom is 0.126 e. The van der Waals surface area contributed by atoms with E-state index in [1.807, 2.05) is 26.0 Å². The molecule has 16 heavy (non-hydrogen) atoms. The van der Waals surface area contributed by atoms with Crippen LogP contribution in [0, 0.1) is 5.92 Å². The molecule has 0 aliphatic rings. The van der Waals surface area contributed by atoms with Crippen LogP contribution in [0.1, 0.15) is 33.6 Å². The Kier molecular flexibility index (Phi) is 8.14. The van der Waals surface area contributed by atoms with E-state index in [1.54, 1.807) is 0 Å². The lowest BCUT2D eigenvalue weighted by Gasteiger charge is -1.96. The molecule has 0 amide bonds. The van der Waals surface area contributed by atoms with Crippen molar-refractivity contribution >= 4 is 6.29 Å². The van der Waals surface area contributed by atoms with Gasteiger partial charge in [-0.05, 0) is 26.7 Å². The number of carbonyl (C=O) groups is 1. The Morgan fingerprint density at radius 1 is 1.31 bits per heavy atom. The Labute approximate surface area is 99.3 Å². The van der Waals surface area contributed by atoms with Crippen molar-refractivity contribution in [2.75, 3.05) is 0 Å². The van der Waals surface area contributed by atoms with E-state index in [9.17, 15) is 4.79 Å². The van der Waals surface area contributed by atoms with Gasteiger partial charge >= 0.3 is 0 Å². The third-order valence-corrected chi connectivity index (χ3v) is 2.32. The molecule has 0 rings (SSSR count). The van der Waals surface area contributed by atoms with Crippen LogP contribution in [-0.4, -0.2) is 6.29 Å². The van der Waals surface area contributed by atoms with Crippen LogP contribution in [0.5, 0.6) is 0 Å². The molecule has 0 aromatic heterocycles. The molecule has 1 unspecified atom stereocenters. The zero-order chi connectivity index (χ0) is 12.4. The summed E-state index contributed by atoms with van der Waals surface area (Å²) in [6.07, 6.45) is 13.0. The van der Waals surface area contributed by atoms with Gasteiger partial charge in [-0.1, -0.05) is 55.0 Å². The summed E-state index contributed by atoms with van der Waals surface area (Å²) in [5, 5.41) is 0. The molecule has 1 heteroatoms. The van der Waals surface area contributed by atoms with E-state index < -0.39 is 0 Å². The van der Waals surface area contributed by atoms with Gasteiger partial charge in [-0.2, -0.15) is 0 Å². The molecule has 0 aromatic rings. The molecule has 88 valence electrons. The maximum atomic E-state index is 10.4. The molecule has 0 saturated carbocycles. The van der Waals surface area contributed by atoms with Gasteiger partial charge < -0.3 is 4.79 Å². The van der Waals surface area contributed by atoms with Crippen molar-refractivity contribution in [2.45, 2.75) is 33.6 Å². The lowest BCUT2D eigenvalue weighted by atomic mass is 10.1. The van der Waals surface area contributed by atoms with Gasteiger partial charge in [0.15, 0.2) is 0 Å². The van der Waals surface area contributed by atoms with Gasteiger partial charge in [0, 0.05) is 5.92 Å². The summed E-state index contributed by atoms with van der Waals surface area (Å²) >= 11 is 0. The van der Waals surface area contributed by atoms with E-state index in [1.165, 1.54) is 11.1 Å². The average molecular weight is 218 g/mol. The molecule has 0 bridgehead atoms. The molecule has 0 radical (unpaired) electrons. The fourth-order valence-electron chi connectivity index (χ4n) is 1.13. The third kappa shape index (κ3) is 7.98. The predicted molar refractivity (Wildman–Crippen MR) is 71.3 cm³/mol. The van der Waals surface area contributed by atoms with Crippen LogP contribution >= 0.6 is 0 Å². The normalized spacial score (nSPS) is 15.2. The number of allylic oxidation sites excluding steroid dienone is 7. The first kappa shape index (κ1) is 14.6. The zero-order valence-electron chi connectivity index (χ0n) is 10.6. The van der Waals surface area contributed by atoms with Gasteiger partial charge in [-0.3, -0.25) is 0 Å². The van der Waals surface area contributed by atoms with Crippen molar-refractivity contribution < 1.29 is 4.79 Å². The molecule has 0 heterocycles. The Morgan fingerprint density at radius 2 is 2.00 bits per heavy atom. The van der Waals surface area contributed by atoms with Crippen LogP contribution in [0.3, 0.4) is 0 Å². The third-order valence-electron chi connectivity index (χ3n) is 2.32. The first-order chi connectivity index (χ1) is 7.60. The molecular weight excluding hydrogens is 196 g/mol. The standard InChI is InChI=1S/C15H22O/c1-5-13(2)8-6-9-14(3)10-7-11-15(4)12-16/h5,7-9,11-12,15H,1,6,10H2,2-4H3/b11-7+,13-8+,14-9+. The molecule has 1 atom stereocenters. The topological polar surface area (TPSA) is 17.1 Å². The van der Waals surface area contributed by atoms with Gasteiger partial charge in [0.1, 0.15) is 6.29 Å². The first-order valence-electron chi connectivity index (χ1n) is 5.67. The van der Waals surface area contributed by atoms with E-state index in [0.29, 0.717) is 0 Å². The minimum atomic E-state index is 0.0238. The fourth-order valence-corrected chi connectivity index (χ4v) is 1.13. The van der Waals surface area contributed by atoms with Crippen LogP contribution in [0.2, 0.25) is 0 Å². The average Bonchev–Trinajstić information content (AvgIpc) is 2.28. The second-order valence-corrected chi connectivity index (χ2v) is 4.07. The molecule has 0 N–H and O–H groups in total. The van der Waals surface area contributed by atoms with Crippen molar-refractivity contribution in [3.05, 3.63) is 48.1 Å². The molecule has 0 aromatic carbocycles. The molecule has 0 spiro atoms. The highest BCUT2D eigenvalue weighted by Crippen LogP contribution is 2.06. The van der Waals surface area contributed by atoms with Gasteiger partial charge in [-0.25, -0.2) is 0 Å². The minimum Gasteiger partial charge on any atom is -0.303 e. The Bertz CT molecular complexity index is 305. The number of hydrogen-bond acceptors (Lipinski definition) is 1. The summed E-state index contributed by atoms with van der Waals surface area (Å²) in [5.74, 6) is 0.0238. The van der Waals surface area contributed by atoms with Gasteiger partial charge in [0.25, 0.3) is 0 Å². The van der Waals surface area contributed by atoms with E-state index in [0.717, 1.165) is 19.1 Å². The van der Waals surface area contributed by atoms with Crippen molar-refractivity contribution in [2.24, 2.45) is 5.92 Å². The molecular formula is C15H22O. The van der Waals surface area contributed by atoms with Crippen LogP contribution in [0.15, 0.2) is 48.1 Å². The van der Waals surface area contributed by atoms with E-state index >= 15 is 0 Å². The minimum absolute atomic E-state index is 0.0238. The van der Waals surface area contributed by atoms with Crippen molar-refractivity contribution in [3.63, 3.8) is 0 Å². The van der Waals surface area contributed by atoms with Crippen molar-refractivity contribution in [1.82, 2.24) is 0 Å². The quantitative estimate of drug-likeness (QED) is 0.355. The largest absolute Gasteiger partial charge is 0.303 e. The van der Waals surface area contributed by atoms with Crippen LogP contribution < -0.4 is 0 Å². The first-order valence-corrected chi connectivity index (χ1v) is 5.67. The molecule has 0 aliphatic heterocycles. The van der Waals surface area contributed by atoms with Crippen LogP contribution in [0.4, 0.5) is 0 Å². The predicted octanol–water partition coefficient (Wildman–Crippen LogP) is 4.24. The number of aldehydes is 1. The summed E-state index contributed by atoms with van der Waals surface area (Å²) in [5.41, 5.74) is 2.52. The monoisotopic (exact) mass is 218 g/mol. The van der Waals surface area contributed by atoms with Crippen molar-refractivity contribution in [1.29, 1.82) is 0 Å². The van der Waals surface area contributed by atoms with E-state index in [4.69, 9.17) is 0 Å². The van der Waals surface area contributed by atoms with Crippen molar-refractivity contribution in [3.8, 4) is 0 Å². The van der Waals surface area contributed by atoms with E-state index in [2.05, 4.69) is 31.7 Å². The lowest BCUT2D eigenvalue weighted by Crippen LogP contribution is -1.88. The second-order valence-electron chi connectivity index (χ2n) is 4.07. The molecule has 0 aliphatic carbocycles. The summed E-state index contributed by atoms with van der Waals surface area (Å²) in [4.78, 5) is 10.4. The Hall–Kier alpha value is -1.37. The van der Waals surface area contributed by atoms with Gasteiger partial charge in [0.05, 0.1) is 0 Å². The highest BCUT2D eigenvalue weighted by atomic mass is 16.1. The molecule has 1 nitrogen and oxygen atoms in total. The summed E-state index contributed by atoms with van der Waals surface area (Å²) < 4.78 is 0. The van der Waals surface area contributed by atoms with E-state index in [-0.39, 0.29) is 5.92 Å². The molecule has 0 fully saturated rings. The lowest BCUT2D eigenvalue weighted by molar-refractivity contribution is -0.109. The fraction of sp³-hybridized carbons (Fsp3) is 0.400. The summed E-state index contributed by atoms with van der Waals surface area (Å²) in [7, 11) is 0. The number of rotatable bonds is 7. The molecule has 0 saturated heterocycles. The number of carbonyl (C=O) groups excluding carboxylic acids is 1. The summed E-state index contributed by atoms with van der Waals surface area (Å²) in [6.45, 7) is 9.74. The van der Waals surface area contributed by atoms with Crippen LogP contribution in [0.25, 0.3) is 0 Å². The second kappa shape index (κ2) is 8.90. The summed E-state index contributed by atoms with van der Waals surface area (Å²) in [6, 6.07) is 0. The highest BCUT2D eigenvalue weighted by molar-refractivity contribution is 5.55. The Balaban J connectivity index is 4.01. The number of hydrogen-bond donors (Lipinski definition) is 0. The highest BCUT2D eigenvalue weighted by Gasteiger charge is 1.90. The Morgan fingerprint density at radius 3 is 2.56 bits per heavy atom. The maximum absolute atomic E-state index is 10.4. The van der Waals surface area contributed by atoms with Gasteiger partial charge in [-0.15, -0.1) is 0 Å².